The highest BCUT2D eigenvalue weighted by molar-refractivity contribution is 5.71. The van der Waals surface area contributed by atoms with Crippen molar-refractivity contribution in [3.8, 4) is 0 Å². The number of fused-ring (bicyclic) bond motifs is 1. The van der Waals surface area contributed by atoms with Gasteiger partial charge in [0.1, 0.15) is 0 Å². The van der Waals surface area contributed by atoms with Gasteiger partial charge in [-0.1, -0.05) is 39.3 Å². The van der Waals surface area contributed by atoms with Gasteiger partial charge in [0.25, 0.3) is 6.29 Å². The molecule has 7 nitrogen and oxygen atoms in total. The number of nitrogens with one attached hydrogen (secondary N) is 1. The van der Waals surface area contributed by atoms with Crippen LogP contribution in [0, 0.1) is 23.2 Å². The first kappa shape index (κ1) is 21.3. The fraction of sp³-hybridized carbons (Fsp3) is 0.750. The Bertz CT molecular complexity index is 614. The molecule has 2 aliphatic carbocycles. The Morgan fingerprint density at radius 1 is 1.30 bits per heavy atom. The number of esters is 1. The summed E-state index contributed by atoms with van der Waals surface area (Å²) in [5, 5.41) is 12.1. The summed E-state index contributed by atoms with van der Waals surface area (Å²) in [6.45, 7) is 7.59. The largest absolute Gasteiger partial charge is 0.481 e. The zero-order chi connectivity index (χ0) is 20.2. The molecule has 0 aromatic rings. The van der Waals surface area contributed by atoms with E-state index in [4.69, 9.17) is 9.47 Å². The molecule has 0 saturated heterocycles. The first-order valence-electron chi connectivity index (χ1n) is 9.76. The van der Waals surface area contributed by atoms with E-state index < -0.39 is 29.7 Å². The molecule has 152 valence electrons. The Morgan fingerprint density at radius 3 is 2.56 bits per heavy atom. The van der Waals surface area contributed by atoms with Gasteiger partial charge in [0.2, 0.25) is 0 Å². The van der Waals surface area contributed by atoms with Crippen LogP contribution in [0.5, 0.6) is 0 Å². The van der Waals surface area contributed by atoms with Gasteiger partial charge < -0.3 is 19.9 Å². The van der Waals surface area contributed by atoms with Gasteiger partial charge in [-0.15, -0.1) is 0 Å². The summed E-state index contributed by atoms with van der Waals surface area (Å²) in [5.41, 5.74) is 0.894. The van der Waals surface area contributed by atoms with Crippen LogP contribution < -0.4 is 5.32 Å². The Hall–Kier alpha value is -2.05. The molecule has 2 rings (SSSR count). The number of carbonyl (C=O) groups is 3. The quantitative estimate of drug-likeness (QED) is 0.360. The zero-order valence-corrected chi connectivity index (χ0v) is 16.6. The Labute approximate surface area is 160 Å². The third-order valence-corrected chi connectivity index (χ3v) is 5.67. The van der Waals surface area contributed by atoms with Crippen molar-refractivity contribution in [2.75, 3.05) is 6.54 Å². The van der Waals surface area contributed by atoms with E-state index in [1.54, 1.807) is 20.8 Å². The van der Waals surface area contributed by atoms with Crippen molar-refractivity contribution in [1.82, 2.24) is 5.32 Å². The summed E-state index contributed by atoms with van der Waals surface area (Å²) in [6.07, 6.45) is 3.54. The minimum absolute atomic E-state index is 0.0143. The lowest BCUT2D eigenvalue weighted by Crippen LogP contribution is -2.53. The fourth-order valence-electron chi connectivity index (χ4n) is 4.21. The summed E-state index contributed by atoms with van der Waals surface area (Å²) in [5.74, 6) is -0.821. The van der Waals surface area contributed by atoms with Gasteiger partial charge in [0.15, 0.2) is 0 Å². The minimum Gasteiger partial charge on any atom is -0.481 e. The van der Waals surface area contributed by atoms with E-state index in [1.807, 2.05) is 0 Å². The molecule has 0 aromatic heterocycles. The molecule has 0 radical (unpaired) electrons. The van der Waals surface area contributed by atoms with Crippen molar-refractivity contribution < 1.29 is 29.0 Å². The SMILES string of the molecule is CCC(=O)O[C@H](OC(=O)NC[C@]1(CC(=O)O)C[C@H]2CC(CC)=C[C@H]21)C(C)C. The fourth-order valence-corrected chi connectivity index (χ4v) is 4.21. The molecule has 0 heterocycles. The van der Waals surface area contributed by atoms with Gasteiger partial charge in [0.05, 0.1) is 6.42 Å². The predicted molar refractivity (Wildman–Crippen MR) is 98.8 cm³/mol. The van der Waals surface area contributed by atoms with Crippen LogP contribution in [0.4, 0.5) is 4.79 Å². The number of carbonyl (C=O) groups excluding carboxylic acids is 2. The van der Waals surface area contributed by atoms with Crippen LogP contribution >= 0.6 is 0 Å². The highest BCUT2D eigenvalue weighted by atomic mass is 16.7. The molecule has 1 saturated carbocycles. The molecule has 1 amide bonds. The van der Waals surface area contributed by atoms with Crippen molar-refractivity contribution in [2.45, 2.75) is 66.1 Å². The molecule has 27 heavy (non-hydrogen) atoms. The third-order valence-electron chi connectivity index (χ3n) is 5.67. The highest BCUT2D eigenvalue weighted by Crippen LogP contribution is 2.59. The monoisotopic (exact) mass is 381 g/mol. The summed E-state index contributed by atoms with van der Waals surface area (Å²) in [6, 6.07) is 0. The lowest BCUT2D eigenvalue weighted by atomic mass is 9.53. The lowest BCUT2D eigenvalue weighted by molar-refractivity contribution is -0.174. The van der Waals surface area contributed by atoms with Crippen LogP contribution in [0.15, 0.2) is 11.6 Å². The van der Waals surface area contributed by atoms with Crippen LogP contribution in [-0.4, -0.2) is 36.0 Å². The smallest absolute Gasteiger partial charge is 0.410 e. The molecule has 7 heteroatoms. The number of carboxylic acid groups (broad SMARTS) is 1. The number of aliphatic carboxylic acids is 1. The molecule has 2 N–H and O–H groups in total. The van der Waals surface area contributed by atoms with Crippen molar-refractivity contribution in [3.05, 3.63) is 11.6 Å². The van der Waals surface area contributed by atoms with Crippen LogP contribution in [-0.2, 0) is 19.1 Å². The first-order valence-corrected chi connectivity index (χ1v) is 9.76. The molecule has 0 spiro atoms. The number of hydrogen-bond donors (Lipinski definition) is 2. The van der Waals surface area contributed by atoms with E-state index in [9.17, 15) is 19.5 Å². The summed E-state index contributed by atoms with van der Waals surface area (Å²) >= 11 is 0. The molecule has 0 unspecified atom stereocenters. The Kier molecular flexibility index (Phi) is 6.89. The number of alkyl carbamates (subject to hydrolysis) is 1. The number of carboxylic acids is 1. The summed E-state index contributed by atoms with van der Waals surface area (Å²) in [4.78, 5) is 35.1. The topological polar surface area (TPSA) is 102 Å². The molecule has 2 aliphatic rings. The van der Waals surface area contributed by atoms with E-state index in [-0.39, 0.29) is 31.2 Å². The number of ether oxygens (including phenoxy) is 2. The van der Waals surface area contributed by atoms with Gasteiger partial charge >= 0.3 is 18.0 Å². The molecule has 0 bridgehead atoms. The second-order valence-electron chi connectivity index (χ2n) is 8.02. The molecule has 0 aliphatic heterocycles. The average molecular weight is 381 g/mol. The van der Waals surface area contributed by atoms with E-state index in [0.29, 0.717) is 5.92 Å². The van der Waals surface area contributed by atoms with Crippen molar-refractivity contribution in [1.29, 1.82) is 0 Å². The van der Waals surface area contributed by atoms with Crippen LogP contribution in [0.1, 0.15) is 59.8 Å². The van der Waals surface area contributed by atoms with Gasteiger partial charge in [-0.2, -0.15) is 0 Å². The van der Waals surface area contributed by atoms with Crippen LogP contribution in [0.3, 0.4) is 0 Å². The van der Waals surface area contributed by atoms with Gasteiger partial charge in [-0.05, 0) is 31.1 Å². The lowest BCUT2D eigenvalue weighted by Gasteiger charge is -2.51. The normalized spacial score (nSPS) is 27.2. The van der Waals surface area contributed by atoms with Crippen molar-refractivity contribution >= 4 is 18.0 Å². The second kappa shape index (κ2) is 8.76. The minimum atomic E-state index is -0.958. The van der Waals surface area contributed by atoms with Gasteiger partial charge in [-0.3, -0.25) is 9.59 Å². The van der Waals surface area contributed by atoms with Gasteiger partial charge in [0, 0.05) is 24.3 Å². The Morgan fingerprint density at radius 2 is 2.00 bits per heavy atom. The van der Waals surface area contributed by atoms with Crippen molar-refractivity contribution in [3.63, 3.8) is 0 Å². The molecule has 1 fully saturated rings. The number of hydrogen-bond acceptors (Lipinski definition) is 5. The molecule has 0 aromatic carbocycles. The van der Waals surface area contributed by atoms with E-state index in [1.165, 1.54) is 5.57 Å². The Balaban J connectivity index is 1.97. The predicted octanol–water partition coefficient (Wildman–Crippen LogP) is 3.49. The zero-order valence-electron chi connectivity index (χ0n) is 16.6. The summed E-state index contributed by atoms with van der Waals surface area (Å²) < 4.78 is 10.4. The molecular formula is C20H31NO6. The maximum atomic E-state index is 12.2. The second-order valence-corrected chi connectivity index (χ2v) is 8.02. The number of amides is 1. The molecular weight excluding hydrogens is 350 g/mol. The number of rotatable bonds is 9. The highest BCUT2D eigenvalue weighted by Gasteiger charge is 2.55. The first-order chi connectivity index (χ1) is 12.7. The summed E-state index contributed by atoms with van der Waals surface area (Å²) in [7, 11) is 0. The average Bonchev–Trinajstić information content (AvgIpc) is 2.95. The molecule has 4 atom stereocenters. The van der Waals surface area contributed by atoms with Crippen LogP contribution in [0.25, 0.3) is 0 Å². The van der Waals surface area contributed by atoms with Crippen molar-refractivity contribution in [2.24, 2.45) is 23.2 Å². The van der Waals surface area contributed by atoms with E-state index in [0.717, 1.165) is 19.3 Å². The maximum Gasteiger partial charge on any atom is 0.410 e. The van der Waals surface area contributed by atoms with Gasteiger partial charge in [-0.25, -0.2) is 4.79 Å². The standard InChI is InChI=1S/C20H31NO6/c1-5-13-7-14-9-20(10-16(22)23,15(14)8-13)11-21-19(25)27-18(12(3)4)26-17(24)6-2/h8,12,14-15,18H,5-7,9-11H2,1-4H3,(H,21,25)(H,22,23)/t14-,15-,18-,20-/m1/s1. The van der Waals surface area contributed by atoms with E-state index >= 15 is 0 Å². The van der Waals surface area contributed by atoms with Crippen LogP contribution in [0.2, 0.25) is 0 Å². The number of allylic oxidation sites excluding steroid dienone is 2. The van der Waals surface area contributed by atoms with E-state index in [2.05, 4.69) is 18.3 Å². The maximum absolute atomic E-state index is 12.2. The third kappa shape index (κ3) is 5.02.